The predicted molar refractivity (Wildman–Crippen MR) is 133 cm³/mol. The summed E-state index contributed by atoms with van der Waals surface area (Å²) in [7, 11) is -5.40. The van der Waals surface area contributed by atoms with Crippen molar-refractivity contribution in [3.8, 4) is 0 Å². The molecule has 3 nitrogen and oxygen atoms in total. The highest BCUT2D eigenvalue weighted by Crippen LogP contribution is 2.56. The third-order valence-corrected chi connectivity index (χ3v) is 12.0. The zero-order valence-corrected chi connectivity index (χ0v) is 20.1. The van der Waals surface area contributed by atoms with E-state index < -0.39 is 16.4 Å². The molecule has 3 aromatic rings. The minimum absolute atomic E-state index is 0.365. The Morgan fingerprint density at radius 3 is 1.33 bits per heavy atom. The van der Waals surface area contributed by atoms with E-state index in [1.165, 1.54) is 32.6 Å². The highest BCUT2D eigenvalue weighted by atomic mass is 33.1. The van der Waals surface area contributed by atoms with Crippen LogP contribution in [0.25, 0.3) is 0 Å². The van der Waals surface area contributed by atoms with Crippen LogP contribution >= 0.6 is 18.1 Å². The third-order valence-electron chi connectivity index (χ3n) is 5.29. The van der Waals surface area contributed by atoms with Crippen LogP contribution in [-0.2, 0) is 9.15 Å². The fraction of sp³-hybridized carbons (Fsp3) is 0.250. The fourth-order valence-corrected chi connectivity index (χ4v) is 9.65. The van der Waals surface area contributed by atoms with E-state index in [2.05, 4.69) is 93.6 Å². The molecule has 6 heteroatoms. The van der Waals surface area contributed by atoms with Crippen molar-refractivity contribution in [1.82, 2.24) is 0 Å². The summed E-state index contributed by atoms with van der Waals surface area (Å²) in [6.07, 6.45) is 1.53. The van der Waals surface area contributed by atoms with E-state index in [-0.39, 0.29) is 0 Å². The topological polar surface area (TPSA) is 54.4 Å². The monoisotopic (exact) mass is 459 g/mol. The summed E-state index contributed by atoms with van der Waals surface area (Å²) in [5.74, 6) is 0.365. The van der Waals surface area contributed by atoms with E-state index in [9.17, 15) is 8.42 Å². The molecule has 0 atom stereocenters. The smallest absolute Gasteiger partial charge is 0.277 e. The number of rotatable bonds is 8. The summed E-state index contributed by atoms with van der Waals surface area (Å²) in [5.41, 5.74) is 3.64. The predicted octanol–water partition coefficient (Wildman–Crippen LogP) is 4.83. The van der Waals surface area contributed by atoms with Crippen molar-refractivity contribution in [2.24, 2.45) is 0 Å². The minimum atomic E-state index is -4.02. The van der Waals surface area contributed by atoms with Crippen LogP contribution in [0, 0.1) is 20.8 Å². The lowest BCUT2D eigenvalue weighted by atomic mass is 10.2. The van der Waals surface area contributed by atoms with Gasteiger partial charge in [-0.15, -0.1) is 0 Å². The van der Waals surface area contributed by atoms with Crippen molar-refractivity contribution in [2.45, 2.75) is 27.2 Å². The number of hydrogen-bond donors (Lipinski definition) is 1. The second kappa shape index (κ2) is 9.65. The molecule has 0 heterocycles. The zero-order chi connectivity index (χ0) is 21.8. The first-order valence-electron chi connectivity index (χ1n) is 9.92. The molecule has 0 spiro atoms. The maximum Gasteiger partial charge on any atom is 0.319 e. The van der Waals surface area contributed by atoms with Crippen molar-refractivity contribution < 1.29 is 13.0 Å². The van der Waals surface area contributed by atoms with Gasteiger partial charge < -0.3 is 0 Å². The Morgan fingerprint density at radius 1 is 0.700 bits per heavy atom. The number of benzene rings is 3. The van der Waals surface area contributed by atoms with Gasteiger partial charge in [-0.05, 0) is 74.4 Å². The quantitative estimate of drug-likeness (QED) is 0.227. The van der Waals surface area contributed by atoms with Gasteiger partial charge in [0.05, 0.1) is 6.16 Å². The van der Waals surface area contributed by atoms with Gasteiger partial charge in [0.15, 0.2) is 0 Å². The first kappa shape index (κ1) is 23.0. The SMILES string of the molecule is Cc1ccc([P+](CCCSS(=O)(=O)O)(c2ccc(C)cc2)c2ccc(C)cc2)cc1. The molecule has 0 aliphatic heterocycles. The molecule has 0 bridgehead atoms. The van der Waals surface area contributed by atoms with Crippen molar-refractivity contribution >= 4 is 43.1 Å². The molecule has 0 aliphatic carbocycles. The van der Waals surface area contributed by atoms with Crippen LogP contribution in [0.15, 0.2) is 72.8 Å². The van der Waals surface area contributed by atoms with E-state index in [4.69, 9.17) is 4.55 Å². The van der Waals surface area contributed by atoms with Crippen LogP contribution in [0.5, 0.6) is 0 Å². The van der Waals surface area contributed by atoms with Gasteiger partial charge in [-0.2, -0.15) is 8.42 Å². The van der Waals surface area contributed by atoms with E-state index >= 15 is 0 Å². The average Bonchev–Trinajstić information content (AvgIpc) is 2.70. The van der Waals surface area contributed by atoms with Crippen molar-refractivity contribution in [1.29, 1.82) is 0 Å². The van der Waals surface area contributed by atoms with E-state index in [1.807, 2.05) is 0 Å². The Balaban J connectivity index is 2.15. The Hall–Kier alpha value is -1.65. The van der Waals surface area contributed by atoms with Gasteiger partial charge in [0.1, 0.15) is 23.2 Å². The lowest BCUT2D eigenvalue weighted by Gasteiger charge is -2.28. The fourth-order valence-electron chi connectivity index (χ4n) is 3.70. The largest absolute Gasteiger partial charge is 0.319 e. The molecule has 3 rings (SSSR count). The molecule has 30 heavy (non-hydrogen) atoms. The molecule has 0 fully saturated rings. The molecule has 0 unspecified atom stereocenters. The molecule has 3 aromatic carbocycles. The Labute approximate surface area is 184 Å². The number of hydrogen-bond acceptors (Lipinski definition) is 3. The Bertz CT molecular complexity index is 964. The molecule has 0 saturated carbocycles. The zero-order valence-electron chi connectivity index (χ0n) is 17.6. The van der Waals surface area contributed by atoms with Crippen LogP contribution in [-0.4, -0.2) is 24.9 Å². The Morgan fingerprint density at radius 2 is 1.03 bits per heavy atom. The van der Waals surface area contributed by atoms with Crippen LogP contribution in [0.2, 0.25) is 0 Å². The highest BCUT2D eigenvalue weighted by Gasteiger charge is 2.44. The molecule has 0 amide bonds. The van der Waals surface area contributed by atoms with Gasteiger partial charge >= 0.3 is 9.15 Å². The van der Waals surface area contributed by atoms with Crippen molar-refractivity contribution in [2.75, 3.05) is 11.9 Å². The standard InChI is InChI=1S/C24H27O3PS2/c1-19-5-11-22(12-6-19)28(17-4-18-29-30(25,26)27,23-13-7-20(2)8-14-23)24-15-9-21(3)10-16-24/h5-16H,4,17-18H2,1-3H3/p+1. The molecule has 158 valence electrons. The van der Waals surface area contributed by atoms with Gasteiger partial charge in [-0.25, -0.2) is 0 Å². The second-order valence-corrected chi connectivity index (χ2v) is 14.7. The summed E-state index contributed by atoms with van der Waals surface area (Å²) in [5, 5.41) is 3.87. The summed E-state index contributed by atoms with van der Waals surface area (Å²) < 4.78 is 31.5. The van der Waals surface area contributed by atoms with Crippen LogP contribution < -0.4 is 15.9 Å². The number of aryl methyl sites for hydroxylation is 3. The molecule has 1 N–H and O–H groups in total. The van der Waals surface area contributed by atoms with Crippen LogP contribution in [0.3, 0.4) is 0 Å². The van der Waals surface area contributed by atoms with Crippen molar-refractivity contribution in [3.63, 3.8) is 0 Å². The molecular formula is C24H28O3PS2+. The summed E-state index contributed by atoms with van der Waals surface area (Å²) in [6.45, 7) is 6.26. The van der Waals surface area contributed by atoms with E-state index in [0.29, 0.717) is 23.0 Å². The van der Waals surface area contributed by atoms with Gasteiger partial charge in [0.25, 0.3) is 0 Å². The summed E-state index contributed by atoms with van der Waals surface area (Å²) in [4.78, 5) is 0. The lowest BCUT2D eigenvalue weighted by Crippen LogP contribution is -2.33. The molecule has 0 saturated heterocycles. The Kier molecular flexibility index (Phi) is 7.41. The average molecular weight is 460 g/mol. The third kappa shape index (κ3) is 5.53. The summed E-state index contributed by atoms with van der Waals surface area (Å²) in [6, 6.07) is 26.2. The van der Waals surface area contributed by atoms with Gasteiger partial charge in [0, 0.05) is 5.75 Å². The van der Waals surface area contributed by atoms with E-state index in [1.54, 1.807) is 0 Å². The highest BCUT2D eigenvalue weighted by molar-refractivity contribution is 8.69. The van der Waals surface area contributed by atoms with E-state index in [0.717, 1.165) is 6.16 Å². The van der Waals surface area contributed by atoms with Crippen LogP contribution in [0.1, 0.15) is 23.1 Å². The van der Waals surface area contributed by atoms with Gasteiger partial charge in [-0.3, -0.25) is 4.55 Å². The minimum Gasteiger partial charge on any atom is -0.277 e. The first-order valence-corrected chi connectivity index (χ1v) is 14.8. The maximum atomic E-state index is 11.2. The second-order valence-electron chi connectivity index (χ2n) is 7.64. The first-order chi connectivity index (χ1) is 14.2. The van der Waals surface area contributed by atoms with Gasteiger partial charge in [0.2, 0.25) is 0 Å². The molecule has 0 aliphatic rings. The molecule has 0 aromatic heterocycles. The van der Waals surface area contributed by atoms with Crippen LogP contribution in [0.4, 0.5) is 0 Å². The molecular weight excluding hydrogens is 431 g/mol. The molecule has 0 radical (unpaired) electrons. The van der Waals surface area contributed by atoms with Gasteiger partial charge in [-0.1, -0.05) is 53.1 Å². The van der Waals surface area contributed by atoms with Crippen molar-refractivity contribution in [3.05, 3.63) is 89.5 Å². The summed E-state index contributed by atoms with van der Waals surface area (Å²) >= 11 is 0. The normalized spacial score (nSPS) is 12.1. The maximum absolute atomic E-state index is 11.2. The lowest BCUT2D eigenvalue weighted by molar-refractivity contribution is 0.503.